The molecule has 31 heavy (non-hydrogen) atoms. The van der Waals surface area contributed by atoms with E-state index in [4.69, 9.17) is 9.47 Å². The maximum atomic E-state index is 13.1. The molecule has 0 aliphatic carbocycles. The highest BCUT2D eigenvalue weighted by atomic mass is 16.5. The Labute approximate surface area is 183 Å². The third-order valence-corrected chi connectivity index (χ3v) is 5.02. The van der Waals surface area contributed by atoms with E-state index in [1.54, 1.807) is 36.4 Å². The van der Waals surface area contributed by atoms with Gasteiger partial charge < -0.3 is 14.6 Å². The molecule has 164 valence electrons. The number of ketones is 1. The molecule has 1 unspecified atom stereocenters. The molecule has 1 atom stereocenters. The number of ether oxygens (including phenoxy) is 2. The van der Waals surface area contributed by atoms with E-state index in [1.807, 2.05) is 39.8 Å². The monoisotopic (exact) mass is 423 g/mol. The number of hydrogen-bond donors (Lipinski definition) is 1. The standard InChI is InChI=1S/C25H29NO5/c1-5-30-19-12-10-17(11-13-19)23-22(21(27)14-16(3)4)24(28)25(29)26(23)18-8-7-9-20(15-18)31-6-2/h7-13,15-16,23,28H,5-6,14H2,1-4H3. The van der Waals surface area contributed by atoms with Crippen molar-refractivity contribution in [2.75, 3.05) is 18.1 Å². The van der Waals surface area contributed by atoms with Crippen molar-refractivity contribution < 1.29 is 24.2 Å². The van der Waals surface area contributed by atoms with Gasteiger partial charge in [0, 0.05) is 18.2 Å². The number of carbonyl (C=O) groups is 2. The second kappa shape index (κ2) is 9.69. The molecule has 0 saturated heterocycles. The molecule has 0 spiro atoms. The molecule has 6 heteroatoms. The van der Waals surface area contributed by atoms with Gasteiger partial charge in [-0.15, -0.1) is 0 Å². The first kappa shape index (κ1) is 22.4. The van der Waals surface area contributed by atoms with Gasteiger partial charge in [-0.05, 0) is 49.6 Å². The van der Waals surface area contributed by atoms with Gasteiger partial charge >= 0.3 is 0 Å². The van der Waals surface area contributed by atoms with Gasteiger partial charge in [0.05, 0.1) is 24.8 Å². The fourth-order valence-corrected chi connectivity index (χ4v) is 3.76. The van der Waals surface area contributed by atoms with Crippen LogP contribution in [0.1, 0.15) is 45.7 Å². The van der Waals surface area contributed by atoms with Crippen LogP contribution in [-0.2, 0) is 9.59 Å². The summed E-state index contributed by atoms with van der Waals surface area (Å²) >= 11 is 0. The van der Waals surface area contributed by atoms with E-state index >= 15 is 0 Å². The number of Topliss-reactive ketones (excluding diaryl/α,β-unsaturated/α-hetero) is 1. The minimum absolute atomic E-state index is 0.0965. The largest absolute Gasteiger partial charge is 0.503 e. The van der Waals surface area contributed by atoms with Gasteiger partial charge in [0.15, 0.2) is 11.5 Å². The third-order valence-electron chi connectivity index (χ3n) is 5.02. The Morgan fingerprint density at radius 1 is 1.03 bits per heavy atom. The fourth-order valence-electron chi connectivity index (χ4n) is 3.76. The summed E-state index contributed by atoms with van der Waals surface area (Å²) in [5.41, 5.74) is 1.40. The molecule has 0 fully saturated rings. The van der Waals surface area contributed by atoms with Gasteiger partial charge in [0.1, 0.15) is 11.5 Å². The average Bonchev–Trinajstić information content (AvgIpc) is 3.00. The molecular weight excluding hydrogens is 394 g/mol. The van der Waals surface area contributed by atoms with Crippen LogP contribution in [0.25, 0.3) is 0 Å². The molecule has 0 saturated carbocycles. The van der Waals surface area contributed by atoms with Crippen molar-refractivity contribution in [3.63, 3.8) is 0 Å². The van der Waals surface area contributed by atoms with E-state index in [2.05, 4.69) is 0 Å². The van der Waals surface area contributed by atoms with E-state index in [9.17, 15) is 14.7 Å². The second-order valence-electron chi connectivity index (χ2n) is 7.79. The van der Waals surface area contributed by atoms with E-state index < -0.39 is 17.7 Å². The number of carbonyl (C=O) groups excluding carboxylic acids is 2. The molecule has 6 nitrogen and oxygen atoms in total. The van der Waals surface area contributed by atoms with Crippen LogP contribution in [0.2, 0.25) is 0 Å². The first-order valence-electron chi connectivity index (χ1n) is 10.6. The predicted molar refractivity (Wildman–Crippen MR) is 120 cm³/mol. The summed E-state index contributed by atoms with van der Waals surface area (Å²) in [6.45, 7) is 8.67. The zero-order valence-electron chi connectivity index (χ0n) is 18.4. The lowest BCUT2D eigenvalue weighted by Crippen LogP contribution is -2.31. The lowest BCUT2D eigenvalue weighted by Gasteiger charge is -2.27. The number of aliphatic hydroxyl groups is 1. The molecule has 2 aromatic rings. The molecule has 1 aliphatic heterocycles. The van der Waals surface area contributed by atoms with Crippen molar-refractivity contribution in [2.24, 2.45) is 5.92 Å². The lowest BCUT2D eigenvalue weighted by atomic mass is 9.92. The van der Waals surface area contributed by atoms with Crippen molar-refractivity contribution in [3.05, 3.63) is 65.4 Å². The van der Waals surface area contributed by atoms with Gasteiger partial charge in [0.2, 0.25) is 0 Å². The number of rotatable bonds is 9. The van der Waals surface area contributed by atoms with Gasteiger partial charge in [-0.2, -0.15) is 0 Å². The van der Waals surface area contributed by atoms with Gasteiger partial charge in [-0.1, -0.05) is 32.0 Å². The topological polar surface area (TPSA) is 76.1 Å². The normalized spacial score (nSPS) is 16.2. The SMILES string of the molecule is CCOc1ccc(C2C(C(=O)CC(C)C)=C(O)C(=O)N2c2cccc(OCC)c2)cc1. The molecule has 0 bridgehead atoms. The highest BCUT2D eigenvalue weighted by molar-refractivity contribution is 6.16. The molecule has 2 aromatic carbocycles. The maximum absolute atomic E-state index is 13.1. The zero-order valence-corrected chi connectivity index (χ0v) is 18.4. The number of aliphatic hydroxyl groups excluding tert-OH is 1. The van der Waals surface area contributed by atoms with E-state index in [1.165, 1.54) is 4.90 Å². The van der Waals surface area contributed by atoms with Crippen LogP contribution >= 0.6 is 0 Å². The molecule has 3 rings (SSSR count). The van der Waals surface area contributed by atoms with Crippen LogP contribution in [0.4, 0.5) is 5.69 Å². The number of hydrogen-bond acceptors (Lipinski definition) is 5. The Morgan fingerprint density at radius 2 is 1.68 bits per heavy atom. The Hall–Kier alpha value is -3.28. The van der Waals surface area contributed by atoms with Crippen LogP contribution in [0.15, 0.2) is 59.9 Å². The van der Waals surface area contributed by atoms with Gasteiger partial charge in [0.25, 0.3) is 5.91 Å². The number of amides is 1. The predicted octanol–water partition coefficient (Wildman–Crippen LogP) is 5.00. The van der Waals surface area contributed by atoms with Gasteiger partial charge in [-0.3, -0.25) is 14.5 Å². The Balaban J connectivity index is 2.10. The van der Waals surface area contributed by atoms with Crippen molar-refractivity contribution in [1.29, 1.82) is 0 Å². The number of nitrogens with zero attached hydrogens (tertiary/aromatic N) is 1. The smallest absolute Gasteiger partial charge is 0.294 e. The molecule has 0 aromatic heterocycles. The number of anilines is 1. The van der Waals surface area contributed by atoms with Crippen LogP contribution in [0.5, 0.6) is 11.5 Å². The lowest BCUT2D eigenvalue weighted by molar-refractivity contribution is -0.118. The fraction of sp³-hybridized carbons (Fsp3) is 0.360. The molecule has 1 aliphatic rings. The summed E-state index contributed by atoms with van der Waals surface area (Å²) in [6, 6.07) is 13.6. The third kappa shape index (κ3) is 4.74. The van der Waals surface area contributed by atoms with Crippen molar-refractivity contribution in [3.8, 4) is 11.5 Å². The van der Waals surface area contributed by atoms with Crippen molar-refractivity contribution in [2.45, 2.75) is 40.2 Å². The summed E-state index contributed by atoms with van der Waals surface area (Å²) in [6.07, 6.45) is 0.243. The van der Waals surface area contributed by atoms with Crippen LogP contribution < -0.4 is 14.4 Å². The highest BCUT2D eigenvalue weighted by Crippen LogP contribution is 2.42. The minimum Gasteiger partial charge on any atom is -0.503 e. The van der Waals surface area contributed by atoms with Crippen LogP contribution in [0.3, 0.4) is 0 Å². The maximum Gasteiger partial charge on any atom is 0.294 e. The quantitative estimate of drug-likeness (QED) is 0.614. The van der Waals surface area contributed by atoms with E-state index in [0.29, 0.717) is 30.4 Å². The van der Waals surface area contributed by atoms with Crippen molar-refractivity contribution in [1.82, 2.24) is 0 Å². The first-order chi connectivity index (χ1) is 14.9. The zero-order chi connectivity index (χ0) is 22.5. The Morgan fingerprint density at radius 3 is 2.29 bits per heavy atom. The van der Waals surface area contributed by atoms with Gasteiger partial charge in [-0.25, -0.2) is 0 Å². The number of benzene rings is 2. The summed E-state index contributed by atoms with van der Waals surface area (Å²) in [5.74, 6) is 0.0804. The molecular formula is C25H29NO5. The van der Waals surface area contributed by atoms with Crippen LogP contribution in [-0.4, -0.2) is 30.0 Å². The first-order valence-corrected chi connectivity index (χ1v) is 10.6. The summed E-state index contributed by atoms with van der Waals surface area (Å²) in [5, 5.41) is 10.7. The average molecular weight is 424 g/mol. The van der Waals surface area contributed by atoms with Crippen LogP contribution in [0, 0.1) is 5.92 Å². The molecule has 1 N–H and O–H groups in total. The summed E-state index contributed by atoms with van der Waals surface area (Å²) in [7, 11) is 0. The molecule has 0 radical (unpaired) electrons. The van der Waals surface area contributed by atoms with E-state index in [-0.39, 0.29) is 23.7 Å². The Bertz CT molecular complexity index is 978. The molecule has 1 amide bonds. The highest BCUT2D eigenvalue weighted by Gasteiger charge is 2.44. The van der Waals surface area contributed by atoms with Crippen molar-refractivity contribution >= 4 is 17.4 Å². The molecule has 1 heterocycles. The van der Waals surface area contributed by atoms with E-state index in [0.717, 1.165) is 5.56 Å². The summed E-state index contributed by atoms with van der Waals surface area (Å²) < 4.78 is 11.1. The summed E-state index contributed by atoms with van der Waals surface area (Å²) in [4.78, 5) is 27.7. The minimum atomic E-state index is -0.730. The Kier molecular flexibility index (Phi) is 7.00. The second-order valence-corrected chi connectivity index (χ2v) is 7.79.